The van der Waals surface area contributed by atoms with Gasteiger partial charge in [0.2, 0.25) is 11.8 Å². The van der Waals surface area contributed by atoms with Gasteiger partial charge >= 0.3 is 0 Å². The summed E-state index contributed by atoms with van der Waals surface area (Å²) in [5.74, 6) is -3.25. The largest absolute Gasteiger partial charge is 0.361 e. The normalized spacial score (nSPS) is 27.9. The number of imide groups is 1. The van der Waals surface area contributed by atoms with E-state index in [0.717, 1.165) is 6.07 Å². The number of nitrogens with zero attached hydrogens (tertiary/aromatic N) is 2. The van der Waals surface area contributed by atoms with Crippen molar-refractivity contribution in [2.75, 3.05) is 18.0 Å². The highest BCUT2D eigenvalue weighted by Crippen LogP contribution is 2.39. The minimum atomic E-state index is -0.925. The molecule has 3 aliphatic rings. The van der Waals surface area contributed by atoms with Gasteiger partial charge in [0, 0.05) is 49.8 Å². The lowest BCUT2D eigenvalue weighted by atomic mass is 10.0. The first-order chi connectivity index (χ1) is 13.3. The number of anilines is 1. The lowest BCUT2D eigenvalue weighted by Crippen LogP contribution is -2.56. The van der Waals surface area contributed by atoms with Crippen molar-refractivity contribution in [1.29, 1.82) is 0 Å². The van der Waals surface area contributed by atoms with Crippen molar-refractivity contribution in [3.63, 3.8) is 0 Å². The highest BCUT2D eigenvalue weighted by molar-refractivity contribution is 6.06. The van der Waals surface area contributed by atoms with Crippen LogP contribution >= 0.6 is 0 Å². The number of rotatable bonds is 2. The summed E-state index contributed by atoms with van der Waals surface area (Å²) in [6, 6.07) is -0.215. The van der Waals surface area contributed by atoms with Gasteiger partial charge in [0.05, 0.1) is 11.3 Å². The second-order valence-electron chi connectivity index (χ2n) is 7.71. The maximum atomic E-state index is 14.9. The van der Waals surface area contributed by atoms with Gasteiger partial charge in [-0.2, -0.15) is 0 Å². The topological polar surface area (TPSA) is 81.8 Å². The van der Waals surface area contributed by atoms with Gasteiger partial charge in [-0.25, -0.2) is 8.78 Å². The molecule has 7 nitrogen and oxygen atoms in total. The van der Waals surface area contributed by atoms with Crippen LogP contribution in [0.4, 0.5) is 14.5 Å². The van der Waals surface area contributed by atoms with E-state index in [4.69, 9.17) is 0 Å². The minimum Gasteiger partial charge on any atom is -0.361 e. The van der Waals surface area contributed by atoms with Crippen LogP contribution in [0.5, 0.6) is 0 Å². The lowest BCUT2D eigenvalue weighted by Gasteiger charge is -2.42. The summed E-state index contributed by atoms with van der Waals surface area (Å²) in [5, 5.41) is 5.47. The van der Waals surface area contributed by atoms with Gasteiger partial charge in [0.1, 0.15) is 17.7 Å². The fraction of sp³-hybridized carbons (Fsp3) is 0.526. The predicted molar refractivity (Wildman–Crippen MR) is 96.7 cm³/mol. The fourth-order valence-electron chi connectivity index (χ4n) is 4.51. The minimum absolute atomic E-state index is 0.0486. The molecule has 3 aliphatic heterocycles. The molecule has 0 radical (unpaired) electrons. The van der Waals surface area contributed by atoms with E-state index in [1.807, 2.05) is 18.7 Å². The maximum absolute atomic E-state index is 14.9. The third-order valence-corrected chi connectivity index (χ3v) is 5.78. The van der Waals surface area contributed by atoms with Crippen LogP contribution in [0.15, 0.2) is 6.07 Å². The van der Waals surface area contributed by atoms with Crippen LogP contribution in [0, 0.1) is 11.6 Å². The molecule has 1 aromatic rings. The van der Waals surface area contributed by atoms with Crippen molar-refractivity contribution in [2.45, 2.75) is 51.4 Å². The second-order valence-corrected chi connectivity index (χ2v) is 7.71. The summed E-state index contributed by atoms with van der Waals surface area (Å²) < 4.78 is 29.5. The van der Waals surface area contributed by atoms with Gasteiger partial charge in [-0.1, -0.05) is 0 Å². The lowest BCUT2D eigenvalue weighted by molar-refractivity contribution is -0.136. The number of piperazine rings is 1. The first kappa shape index (κ1) is 18.8. The van der Waals surface area contributed by atoms with E-state index in [9.17, 15) is 23.2 Å². The van der Waals surface area contributed by atoms with Crippen LogP contribution in [0.3, 0.4) is 0 Å². The SMILES string of the molecule is CC1CNCC(C)N1c1c(F)cc(F)c2c1CN(C1CCC(=O)NC1=O)C2=O. The predicted octanol–water partition coefficient (Wildman–Crippen LogP) is 0.912. The van der Waals surface area contributed by atoms with Gasteiger partial charge in [-0.3, -0.25) is 19.7 Å². The molecular formula is C19H22F2N4O3. The van der Waals surface area contributed by atoms with E-state index < -0.39 is 35.4 Å². The van der Waals surface area contributed by atoms with Gasteiger partial charge in [0.25, 0.3) is 5.91 Å². The van der Waals surface area contributed by atoms with Gasteiger partial charge in [-0.05, 0) is 20.3 Å². The van der Waals surface area contributed by atoms with Crippen molar-refractivity contribution in [2.24, 2.45) is 0 Å². The molecule has 3 atom stereocenters. The Morgan fingerprint density at radius 1 is 1.07 bits per heavy atom. The Bertz CT molecular complexity index is 865. The molecule has 3 heterocycles. The monoisotopic (exact) mass is 392 g/mol. The maximum Gasteiger partial charge on any atom is 0.258 e. The molecular weight excluding hydrogens is 370 g/mol. The van der Waals surface area contributed by atoms with Crippen LogP contribution in [-0.4, -0.2) is 53.8 Å². The molecule has 0 spiro atoms. The van der Waals surface area contributed by atoms with Crippen LogP contribution < -0.4 is 15.5 Å². The molecule has 9 heteroatoms. The summed E-state index contributed by atoms with van der Waals surface area (Å²) in [4.78, 5) is 39.7. The molecule has 3 unspecified atom stereocenters. The zero-order valence-corrected chi connectivity index (χ0v) is 15.7. The van der Waals surface area contributed by atoms with E-state index >= 15 is 0 Å². The third kappa shape index (κ3) is 2.85. The molecule has 0 bridgehead atoms. The summed E-state index contributed by atoms with van der Waals surface area (Å²) in [6.45, 7) is 5.09. The Hall–Kier alpha value is -2.55. The van der Waals surface area contributed by atoms with Crippen LogP contribution in [-0.2, 0) is 16.1 Å². The smallest absolute Gasteiger partial charge is 0.258 e. The molecule has 0 aromatic heterocycles. The molecule has 2 saturated heterocycles. The highest BCUT2D eigenvalue weighted by atomic mass is 19.1. The quantitative estimate of drug-likeness (QED) is 0.732. The van der Waals surface area contributed by atoms with E-state index in [2.05, 4.69) is 10.6 Å². The average molecular weight is 392 g/mol. The molecule has 0 saturated carbocycles. The molecule has 3 amide bonds. The number of carbonyl (C=O) groups excluding carboxylic acids is 3. The van der Waals surface area contributed by atoms with E-state index in [1.54, 1.807) is 0 Å². The van der Waals surface area contributed by atoms with Gasteiger partial charge < -0.3 is 15.1 Å². The first-order valence-electron chi connectivity index (χ1n) is 9.44. The number of amides is 3. The van der Waals surface area contributed by atoms with Crippen LogP contribution in [0.2, 0.25) is 0 Å². The highest BCUT2D eigenvalue weighted by Gasteiger charge is 2.43. The van der Waals surface area contributed by atoms with Gasteiger partial charge in [0.15, 0.2) is 0 Å². The molecule has 1 aromatic carbocycles. The first-order valence-corrected chi connectivity index (χ1v) is 9.44. The fourth-order valence-corrected chi connectivity index (χ4v) is 4.51. The number of piperidine rings is 1. The number of hydrogen-bond donors (Lipinski definition) is 2. The molecule has 2 N–H and O–H groups in total. The molecule has 150 valence electrons. The third-order valence-electron chi connectivity index (χ3n) is 5.78. The zero-order chi connectivity index (χ0) is 20.2. The van der Waals surface area contributed by atoms with Crippen molar-refractivity contribution in [1.82, 2.24) is 15.5 Å². The van der Waals surface area contributed by atoms with Crippen molar-refractivity contribution < 1.29 is 23.2 Å². The molecule has 4 rings (SSSR count). The van der Waals surface area contributed by atoms with Crippen molar-refractivity contribution >= 4 is 23.4 Å². The second kappa shape index (κ2) is 6.80. The van der Waals surface area contributed by atoms with Gasteiger partial charge in [-0.15, -0.1) is 0 Å². The average Bonchev–Trinajstić information content (AvgIpc) is 2.95. The summed E-state index contributed by atoms with van der Waals surface area (Å²) in [6.07, 6.45) is 0.274. The number of nitrogens with one attached hydrogen (secondary N) is 2. The summed E-state index contributed by atoms with van der Waals surface area (Å²) in [7, 11) is 0. The van der Waals surface area contributed by atoms with E-state index in [0.29, 0.717) is 13.1 Å². The molecule has 0 aliphatic carbocycles. The number of benzene rings is 1. The Labute approximate surface area is 161 Å². The zero-order valence-electron chi connectivity index (χ0n) is 15.7. The summed E-state index contributed by atoms with van der Waals surface area (Å²) >= 11 is 0. The number of halogens is 2. The Kier molecular flexibility index (Phi) is 4.57. The summed E-state index contributed by atoms with van der Waals surface area (Å²) in [5.41, 5.74) is 0.313. The van der Waals surface area contributed by atoms with Crippen LogP contribution in [0.1, 0.15) is 42.6 Å². The number of hydrogen-bond acceptors (Lipinski definition) is 5. The van der Waals surface area contributed by atoms with Crippen molar-refractivity contribution in [3.05, 3.63) is 28.8 Å². The van der Waals surface area contributed by atoms with E-state index in [1.165, 1.54) is 4.90 Å². The molecule has 28 heavy (non-hydrogen) atoms. The molecule has 2 fully saturated rings. The number of carbonyl (C=O) groups is 3. The van der Waals surface area contributed by atoms with E-state index in [-0.39, 0.29) is 48.3 Å². The Balaban J connectivity index is 1.76. The Morgan fingerprint density at radius 2 is 1.75 bits per heavy atom. The standard InChI is InChI=1S/C19H22F2N4O3/c1-9-6-22-7-10(2)25(9)17-11-8-24(14-3-4-15(26)23-18(14)27)19(28)16(11)12(20)5-13(17)21/h5,9-10,14,22H,3-4,6-8H2,1-2H3,(H,23,26,27). The Morgan fingerprint density at radius 3 is 2.39 bits per heavy atom. The van der Waals surface area contributed by atoms with Crippen LogP contribution in [0.25, 0.3) is 0 Å². The number of fused-ring (bicyclic) bond motifs is 1. The van der Waals surface area contributed by atoms with Crippen molar-refractivity contribution in [3.8, 4) is 0 Å².